The topological polar surface area (TPSA) is 77.1 Å². The highest BCUT2D eigenvalue weighted by molar-refractivity contribution is 5.96. The predicted octanol–water partition coefficient (Wildman–Crippen LogP) is 3.40. The van der Waals surface area contributed by atoms with Crippen molar-refractivity contribution in [1.29, 1.82) is 0 Å². The number of carbonyl (C=O) groups excluding carboxylic acids is 2. The summed E-state index contributed by atoms with van der Waals surface area (Å²) in [5.74, 6) is 1.29. The third kappa shape index (κ3) is 5.16. The first kappa shape index (κ1) is 21.1. The molecule has 0 spiro atoms. The highest BCUT2D eigenvalue weighted by atomic mass is 16.5. The Morgan fingerprint density at radius 2 is 1.64 bits per heavy atom. The second-order valence-electron chi connectivity index (χ2n) is 6.21. The van der Waals surface area contributed by atoms with E-state index in [1.165, 1.54) is 18.9 Å². The van der Waals surface area contributed by atoms with Gasteiger partial charge in [-0.05, 0) is 36.8 Å². The summed E-state index contributed by atoms with van der Waals surface area (Å²) in [7, 11) is 4.63. The Morgan fingerprint density at radius 1 is 0.964 bits per heavy atom. The number of benzene rings is 2. The molecule has 2 aromatic rings. The van der Waals surface area contributed by atoms with Crippen molar-refractivity contribution < 1.29 is 23.8 Å². The first-order chi connectivity index (χ1) is 13.4. The Kier molecular flexibility index (Phi) is 7.26. The van der Waals surface area contributed by atoms with Gasteiger partial charge in [0.1, 0.15) is 17.2 Å². The molecular formula is C21H26N2O5. The van der Waals surface area contributed by atoms with Gasteiger partial charge in [0.15, 0.2) is 0 Å². The lowest BCUT2D eigenvalue weighted by atomic mass is 10.1. The molecule has 0 aliphatic heterocycles. The van der Waals surface area contributed by atoms with Crippen molar-refractivity contribution in [3.8, 4) is 17.2 Å². The molecular weight excluding hydrogens is 360 g/mol. The van der Waals surface area contributed by atoms with Crippen LogP contribution < -0.4 is 24.4 Å². The number of nitrogens with one attached hydrogen (secondary N) is 1. The minimum Gasteiger partial charge on any atom is -0.497 e. The van der Waals surface area contributed by atoms with Gasteiger partial charge >= 0.3 is 0 Å². The summed E-state index contributed by atoms with van der Waals surface area (Å²) in [5, 5.41) is 2.81. The zero-order chi connectivity index (χ0) is 20.7. The van der Waals surface area contributed by atoms with E-state index in [1.54, 1.807) is 32.4 Å². The lowest BCUT2D eigenvalue weighted by Gasteiger charge is -2.23. The second kappa shape index (κ2) is 9.64. The normalized spacial score (nSPS) is 10.2. The number of ether oxygens (including phenoxy) is 3. The molecule has 28 heavy (non-hydrogen) atoms. The van der Waals surface area contributed by atoms with Gasteiger partial charge in [-0.2, -0.15) is 0 Å². The number of methoxy groups -OCH3 is 3. The number of rotatable bonds is 8. The summed E-state index contributed by atoms with van der Waals surface area (Å²) in [6.45, 7) is 3.61. The van der Waals surface area contributed by atoms with E-state index in [0.29, 0.717) is 28.6 Å². The van der Waals surface area contributed by atoms with E-state index in [1.807, 2.05) is 25.1 Å². The van der Waals surface area contributed by atoms with Crippen molar-refractivity contribution in [2.45, 2.75) is 20.3 Å². The van der Waals surface area contributed by atoms with Crippen LogP contribution in [0.2, 0.25) is 0 Å². The quantitative estimate of drug-likeness (QED) is 0.752. The zero-order valence-corrected chi connectivity index (χ0v) is 16.9. The van der Waals surface area contributed by atoms with Crippen LogP contribution in [-0.2, 0) is 9.59 Å². The molecule has 0 radical (unpaired) electrons. The minimum atomic E-state index is -0.246. The van der Waals surface area contributed by atoms with Crippen LogP contribution in [0, 0.1) is 6.92 Å². The molecule has 0 saturated carbocycles. The van der Waals surface area contributed by atoms with Gasteiger partial charge in [-0.3, -0.25) is 9.59 Å². The fraction of sp³-hybridized carbons (Fsp3) is 0.333. The van der Waals surface area contributed by atoms with Crippen LogP contribution >= 0.6 is 0 Å². The minimum absolute atomic E-state index is 0.108. The van der Waals surface area contributed by atoms with Gasteiger partial charge in [-0.1, -0.05) is 6.07 Å². The van der Waals surface area contributed by atoms with Crippen LogP contribution in [0.4, 0.5) is 11.4 Å². The van der Waals surface area contributed by atoms with Gasteiger partial charge in [0.2, 0.25) is 11.8 Å². The molecule has 0 aliphatic rings. The fourth-order valence-corrected chi connectivity index (χ4v) is 2.80. The molecule has 2 aromatic carbocycles. The molecule has 2 amide bonds. The van der Waals surface area contributed by atoms with E-state index >= 15 is 0 Å². The van der Waals surface area contributed by atoms with Crippen molar-refractivity contribution >= 4 is 23.2 Å². The average Bonchev–Trinajstić information content (AvgIpc) is 2.68. The number of hydrogen-bond acceptors (Lipinski definition) is 5. The smallest absolute Gasteiger partial charge is 0.226 e. The standard InChI is InChI=1S/C21H26N2O5/c1-14-6-8-20(28-5)18(12-14)23(15(2)24)11-10-21(25)22-17-13-16(26-3)7-9-19(17)27-4/h6-9,12-13H,10-11H2,1-5H3,(H,22,25). The SMILES string of the molecule is COc1ccc(OC)c(NC(=O)CCN(C(C)=O)c2cc(C)ccc2OC)c1. The number of amides is 2. The molecule has 0 heterocycles. The van der Waals surface area contributed by atoms with Crippen LogP contribution in [0.3, 0.4) is 0 Å². The predicted molar refractivity (Wildman–Crippen MR) is 109 cm³/mol. The lowest BCUT2D eigenvalue weighted by Crippen LogP contribution is -2.32. The fourth-order valence-electron chi connectivity index (χ4n) is 2.80. The Balaban J connectivity index is 2.14. The molecule has 0 fully saturated rings. The van der Waals surface area contributed by atoms with Crippen molar-refractivity contribution in [3.05, 3.63) is 42.0 Å². The maximum absolute atomic E-state index is 12.5. The van der Waals surface area contributed by atoms with Crippen LogP contribution in [-0.4, -0.2) is 39.7 Å². The summed E-state index contributed by atoms with van der Waals surface area (Å²) < 4.78 is 15.8. The maximum Gasteiger partial charge on any atom is 0.226 e. The molecule has 0 aromatic heterocycles. The van der Waals surface area contributed by atoms with E-state index in [2.05, 4.69) is 5.32 Å². The molecule has 0 saturated heterocycles. The summed E-state index contributed by atoms with van der Waals surface area (Å²) in [6.07, 6.45) is 0.108. The van der Waals surface area contributed by atoms with E-state index in [4.69, 9.17) is 14.2 Å². The highest BCUT2D eigenvalue weighted by Crippen LogP contribution is 2.31. The van der Waals surface area contributed by atoms with Crippen LogP contribution in [0.15, 0.2) is 36.4 Å². The van der Waals surface area contributed by atoms with E-state index in [9.17, 15) is 9.59 Å². The molecule has 2 rings (SSSR count). The zero-order valence-electron chi connectivity index (χ0n) is 16.9. The van der Waals surface area contributed by atoms with Crippen LogP contribution in [0.25, 0.3) is 0 Å². The van der Waals surface area contributed by atoms with Gasteiger partial charge in [0, 0.05) is 26.0 Å². The summed E-state index contributed by atoms with van der Waals surface area (Å²) in [5.41, 5.74) is 2.14. The Bertz CT molecular complexity index is 851. The Morgan fingerprint density at radius 3 is 2.25 bits per heavy atom. The van der Waals surface area contributed by atoms with Crippen molar-refractivity contribution in [2.24, 2.45) is 0 Å². The third-order valence-corrected chi connectivity index (χ3v) is 4.25. The largest absolute Gasteiger partial charge is 0.497 e. The van der Waals surface area contributed by atoms with Gasteiger partial charge in [-0.25, -0.2) is 0 Å². The molecule has 7 heteroatoms. The Hall–Kier alpha value is -3.22. The third-order valence-electron chi connectivity index (χ3n) is 4.25. The number of carbonyl (C=O) groups is 2. The molecule has 0 aliphatic carbocycles. The molecule has 0 unspecified atom stereocenters. The molecule has 1 N–H and O–H groups in total. The number of aryl methyl sites for hydroxylation is 1. The van der Waals surface area contributed by atoms with Gasteiger partial charge in [0.05, 0.1) is 32.7 Å². The first-order valence-electron chi connectivity index (χ1n) is 8.84. The molecule has 0 bridgehead atoms. The molecule has 150 valence electrons. The van der Waals surface area contributed by atoms with Crippen molar-refractivity contribution in [3.63, 3.8) is 0 Å². The van der Waals surface area contributed by atoms with Crippen LogP contribution in [0.1, 0.15) is 18.9 Å². The highest BCUT2D eigenvalue weighted by Gasteiger charge is 2.18. The summed E-state index contributed by atoms with van der Waals surface area (Å²) in [6, 6.07) is 10.7. The first-order valence-corrected chi connectivity index (χ1v) is 8.84. The number of nitrogens with zero attached hydrogens (tertiary/aromatic N) is 1. The second-order valence-corrected chi connectivity index (χ2v) is 6.21. The average molecular weight is 386 g/mol. The number of anilines is 2. The summed E-state index contributed by atoms with van der Waals surface area (Å²) in [4.78, 5) is 26.2. The number of hydrogen-bond donors (Lipinski definition) is 1. The Labute approximate surface area is 165 Å². The van der Waals surface area contributed by atoms with Gasteiger partial charge in [0.25, 0.3) is 0 Å². The van der Waals surface area contributed by atoms with Gasteiger partial charge < -0.3 is 24.4 Å². The van der Waals surface area contributed by atoms with E-state index in [-0.39, 0.29) is 24.8 Å². The van der Waals surface area contributed by atoms with Crippen molar-refractivity contribution in [1.82, 2.24) is 0 Å². The van der Waals surface area contributed by atoms with E-state index in [0.717, 1.165) is 5.56 Å². The van der Waals surface area contributed by atoms with Crippen molar-refractivity contribution in [2.75, 3.05) is 38.1 Å². The lowest BCUT2D eigenvalue weighted by molar-refractivity contribution is -0.117. The molecule has 0 atom stereocenters. The van der Waals surface area contributed by atoms with Crippen LogP contribution in [0.5, 0.6) is 17.2 Å². The molecule has 7 nitrogen and oxygen atoms in total. The monoisotopic (exact) mass is 386 g/mol. The van der Waals surface area contributed by atoms with Gasteiger partial charge in [-0.15, -0.1) is 0 Å². The maximum atomic E-state index is 12.5. The summed E-state index contributed by atoms with van der Waals surface area (Å²) >= 11 is 0. The van der Waals surface area contributed by atoms with E-state index < -0.39 is 0 Å².